The second-order valence-electron chi connectivity index (χ2n) is 4.08. The predicted molar refractivity (Wildman–Crippen MR) is 73.1 cm³/mol. The van der Waals surface area contributed by atoms with Gasteiger partial charge in [0.15, 0.2) is 5.82 Å². The summed E-state index contributed by atoms with van der Waals surface area (Å²) < 4.78 is 5.13. The molecule has 2 aromatic rings. The van der Waals surface area contributed by atoms with Crippen LogP contribution in [0.25, 0.3) is 11.3 Å². The maximum absolute atomic E-state index is 5.82. The summed E-state index contributed by atoms with van der Waals surface area (Å²) in [5.41, 5.74) is 8.21. The molecular weight excluding hydrogens is 242 g/mol. The normalized spacial score (nSPS) is 16.6. The molecule has 6 heteroatoms. The fourth-order valence-corrected chi connectivity index (χ4v) is 1.87. The lowest BCUT2D eigenvalue weighted by molar-refractivity contribution is 0.415. The van der Waals surface area contributed by atoms with Crippen LogP contribution in [0, 0.1) is 0 Å². The summed E-state index contributed by atoms with van der Waals surface area (Å²) in [4.78, 5) is 12.8. The minimum atomic E-state index is -0.450. The summed E-state index contributed by atoms with van der Waals surface area (Å²) in [7, 11) is 1.64. The second-order valence-corrected chi connectivity index (χ2v) is 4.08. The summed E-state index contributed by atoms with van der Waals surface area (Å²) in [5, 5.41) is 2.96. The fraction of sp³-hybridized carbons (Fsp3) is 0.154. The molecule has 0 aliphatic carbocycles. The van der Waals surface area contributed by atoms with Crippen molar-refractivity contribution in [1.82, 2.24) is 9.97 Å². The van der Waals surface area contributed by atoms with E-state index >= 15 is 0 Å². The van der Waals surface area contributed by atoms with Gasteiger partial charge in [0.25, 0.3) is 0 Å². The molecule has 6 nitrogen and oxygen atoms in total. The molecule has 0 radical (unpaired) electrons. The van der Waals surface area contributed by atoms with Crippen molar-refractivity contribution < 1.29 is 4.74 Å². The van der Waals surface area contributed by atoms with E-state index in [4.69, 9.17) is 10.5 Å². The third-order valence-electron chi connectivity index (χ3n) is 2.90. The SMILES string of the molecule is COc1ccc(-c2cnc3c(n2)NC=NC3N)cc1. The summed E-state index contributed by atoms with van der Waals surface area (Å²) >= 11 is 0. The zero-order chi connectivity index (χ0) is 13.2. The maximum atomic E-state index is 5.82. The van der Waals surface area contributed by atoms with Crippen molar-refractivity contribution in [1.29, 1.82) is 0 Å². The number of hydrogen-bond donors (Lipinski definition) is 2. The molecule has 3 N–H and O–H groups in total. The molecule has 0 saturated heterocycles. The van der Waals surface area contributed by atoms with E-state index in [0.29, 0.717) is 11.5 Å². The van der Waals surface area contributed by atoms with Crippen molar-refractivity contribution >= 4 is 12.2 Å². The Morgan fingerprint density at radius 1 is 1.26 bits per heavy atom. The molecule has 2 heterocycles. The van der Waals surface area contributed by atoms with E-state index in [2.05, 4.69) is 20.3 Å². The first-order chi connectivity index (χ1) is 9.28. The quantitative estimate of drug-likeness (QED) is 0.850. The number of ether oxygens (including phenoxy) is 1. The van der Waals surface area contributed by atoms with Crippen LogP contribution in [0.15, 0.2) is 35.5 Å². The van der Waals surface area contributed by atoms with E-state index < -0.39 is 6.17 Å². The topological polar surface area (TPSA) is 85.4 Å². The lowest BCUT2D eigenvalue weighted by atomic mass is 10.1. The van der Waals surface area contributed by atoms with Crippen molar-refractivity contribution in [2.75, 3.05) is 12.4 Å². The highest BCUT2D eigenvalue weighted by atomic mass is 16.5. The Balaban J connectivity index is 1.98. The summed E-state index contributed by atoms with van der Waals surface area (Å²) in [6, 6.07) is 7.65. The molecule has 1 aromatic heterocycles. The van der Waals surface area contributed by atoms with Crippen molar-refractivity contribution in [2.45, 2.75) is 6.17 Å². The summed E-state index contributed by atoms with van der Waals surface area (Å²) in [6.07, 6.45) is 2.79. The van der Waals surface area contributed by atoms with Gasteiger partial charge in [0, 0.05) is 5.56 Å². The Kier molecular flexibility index (Phi) is 2.85. The van der Waals surface area contributed by atoms with Gasteiger partial charge in [-0.3, -0.25) is 9.98 Å². The van der Waals surface area contributed by atoms with Crippen LogP contribution in [0.1, 0.15) is 11.9 Å². The Labute approximate surface area is 110 Å². The Bertz CT molecular complexity index is 623. The van der Waals surface area contributed by atoms with E-state index in [1.807, 2.05) is 24.3 Å². The molecule has 1 atom stereocenters. The summed E-state index contributed by atoms with van der Waals surface area (Å²) in [6.45, 7) is 0. The van der Waals surface area contributed by atoms with Crippen molar-refractivity contribution in [3.8, 4) is 17.0 Å². The molecule has 1 aliphatic heterocycles. The average molecular weight is 255 g/mol. The van der Waals surface area contributed by atoms with Crippen LogP contribution in [0.5, 0.6) is 5.75 Å². The average Bonchev–Trinajstić information content (AvgIpc) is 2.47. The monoisotopic (exact) mass is 255 g/mol. The van der Waals surface area contributed by atoms with Crippen LogP contribution in [0.2, 0.25) is 0 Å². The Morgan fingerprint density at radius 3 is 2.79 bits per heavy atom. The third kappa shape index (κ3) is 2.13. The van der Waals surface area contributed by atoms with Crippen LogP contribution < -0.4 is 15.8 Å². The van der Waals surface area contributed by atoms with Gasteiger partial charge < -0.3 is 15.8 Å². The number of anilines is 1. The number of aromatic nitrogens is 2. The molecule has 1 aliphatic rings. The molecule has 0 saturated carbocycles. The van der Waals surface area contributed by atoms with Gasteiger partial charge in [-0.1, -0.05) is 0 Å². The lowest BCUT2D eigenvalue weighted by Gasteiger charge is -2.16. The molecule has 0 spiro atoms. The number of benzene rings is 1. The largest absolute Gasteiger partial charge is 0.497 e. The Hall–Kier alpha value is -2.47. The molecule has 3 rings (SSSR count). The van der Waals surface area contributed by atoms with Gasteiger partial charge in [-0.05, 0) is 24.3 Å². The minimum absolute atomic E-state index is 0.450. The van der Waals surface area contributed by atoms with E-state index in [1.54, 1.807) is 19.6 Å². The zero-order valence-electron chi connectivity index (χ0n) is 10.4. The fourth-order valence-electron chi connectivity index (χ4n) is 1.87. The van der Waals surface area contributed by atoms with E-state index in [-0.39, 0.29) is 0 Å². The number of nitrogens with two attached hydrogens (primary N) is 1. The van der Waals surface area contributed by atoms with Crippen molar-refractivity contribution in [3.05, 3.63) is 36.2 Å². The van der Waals surface area contributed by atoms with Gasteiger partial charge in [0.1, 0.15) is 17.6 Å². The first-order valence-electron chi connectivity index (χ1n) is 5.83. The van der Waals surface area contributed by atoms with Gasteiger partial charge in [-0.25, -0.2) is 4.98 Å². The van der Waals surface area contributed by atoms with Crippen LogP contribution in [-0.4, -0.2) is 23.4 Å². The lowest BCUT2D eigenvalue weighted by Crippen LogP contribution is -2.19. The highest BCUT2D eigenvalue weighted by Gasteiger charge is 2.17. The van der Waals surface area contributed by atoms with Crippen LogP contribution in [0.4, 0.5) is 5.82 Å². The standard InChI is InChI=1S/C13H13N5O/c1-19-9-4-2-8(3-5-9)10-6-15-11-12(14)16-7-17-13(11)18-10/h2-7,12H,14H2,1H3,(H,16,17,18). The molecule has 0 amide bonds. The first kappa shape index (κ1) is 11.6. The molecule has 0 fully saturated rings. The highest BCUT2D eigenvalue weighted by Crippen LogP contribution is 2.25. The molecule has 96 valence electrons. The first-order valence-corrected chi connectivity index (χ1v) is 5.83. The zero-order valence-corrected chi connectivity index (χ0v) is 10.4. The number of methoxy groups -OCH3 is 1. The van der Waals surface area contributed by atoms with Crippen LogP contribution in [0.3, 0.4) is 0 Å². The maximum Gasteiger partial charge on any atom is 0.157 e. The highest BCUT2D eigenvalue weighted by molar-refractivity contribution is 5.78. The summed E-state index contributed by atoms with van der Waals surface area (Å²) in [5.74, 6) is 1.46. The molecule has 1 aromatic carbocycles. The van der Waals surface area contributed by atoms with E-state index in [9.17, 15) is 0 Å². The number of fused-ring (bicyclic) bond motifs is 1. The smallest absolute Gasteiger partial charge is 0.157 e. The number of hydrogen-bond acceptors (Lipinski definition) is 6. The number of nitrogens with one attached hydrogen (secondary N) is 1. The van der Waals surface area contributed by atoms with Gasteiger partial charge in [0.2, 0.25) is 0 Å². The number of nitrogens with zero attached hydrogens (tertiary/aromatic N) is 3. The van der Waals surface area contributed by atoms with Gasteiger partial charge >= 0.3 is 0 Å². The third-order valence-corrected chi connectivity index (χ3v) is 2.90. The number of aliphatic imine (C=N–C) groups is 1. The molecule has 19 heavy (non-hydrogen) atoms. The van der Waals surface area contributed by atoms with Gasteiger partial charge in [0.05, 0.1) is 25.3 Å². The molecule has 1 unspecified atom stereocenters. The number of rotatable bonds is 2. The van der Waals surface area contributed by atoms with Crippen LogP contribution in [-0.2, 0) is 0 Å². The van der Waals surface area contributed by atoms with Crippen molar-refractivity contribution in [3.63, 3.8) is 0 Å². The minimum Gasteiger partial charge on any atom is -0.497 e. The predicted octanol–water partition coefficient (Wildman–Crippen LogP) is 1.56. The second kappa shape index (κ2) is 4.66. The molecular formula is C13H13N5O. The molecule has 0 bridgehead atoms. The Morgan fingerprint density at radius 2 is 2.05 bits per heavy atom. The van der Waals surface area contributed by atoms with Crippen molar-refractivity contribution in [2.24, 2.45) is 10.7 Å². The van der Waals surface area contributed by atoms with E-state index in [1.165, 1.54) is 0 Å². The van der Waals surface area contributed by atoms with E-state index in [0.717, 1.165) is 17.0 Å². The van der Waals surface area contributed by atoms with Gasteiger partial charge in [-0.2, -0.15) is 0 Å². The van der Waals surface area contributed by atoms with Crippen LogP contribution >= 0.6 is 0 Å². The van der Waals surface area contributed by atoms with Gasteiger partial charge in [-0.15, -0.1) is 0 Å².